The van der Waals surface area contributed by atoms with E-state index in [9.17, 15) is 14.7 Å². The molecule has 1 aliphatic rings. The second-order valence-electron chi connectivity index (χ2n) is 7.68. The van der Waals surface area contributed by atoms with E-state index in [4.69, 9.17) is 0 Å². The van der Waals surface area contributed by atoms with Crippen LogP contribution in [0.15, 0.2) is 69.6 Å². The molecule has 0 spiro atoms. The molecule has 1 atom stereocenters. The molecule has 0 bridgehead atoms. The first-order valence-electron chi connectivity index (χ1n) is 9.86. The van der Waals surface area contributed by atoms with Crippen molar-refractivity contribution in [2.45, 2.75) is 19.9 Å². The van der Waals surface area contributed by atoms with Crippen molar-refractivity contribution in [2.75, 3.05) is 19.0 Å². The quantitative estimate of drug-likeness (QED) is 0.686. The Morgan fingerprint density at radius 3 is 2.45 bits per heavy atom. The smallest absolute Gasteiger partial charge is 0.271 e. The number of phenolic OH excluding ortho intramolecular Hbond substituents is 1. The van der Waals surface area contributed by atoms with Gasteiger partial charge in [0.15, 0.2) is 10.6 Å². The molecule has 1 N–H and O–H groups in total. The molecule has 2 heterocycles. The van der Waals surface area contributed by atoms with Gasteiger partial charge >= 0.3 is 0 Å². The number of Topliss-reactive ketones (excluding diaryl/α,β-unsaturated/α-hetero) is 1. The number of ketones is 1. The van der Waals surface area contributed by atoms with Gasteiger partial charge in [0.05, 0.1) is 10.6 Å². The van der Waals surface area contributed by atoms with Crippen molar-refractivity contribution in [1.29, 1.82) is 0 Å². The molecule has 2 aromatic carbocycles. The highest BCUT2D eigenvalue weighted by Gasteiger charge is 2.30. The van der Waals surface area contributed by atoms with Crippen LogP contribution in [0.1, 0.15) is 31.0 Å². The number of aromatic hydroxyl groups is 1. The number of rotatable bonds is 4. The van der Waals surface area contributed by atoms with Crippen molar-refractivity contribution in [2.24, 2.45) is 4.99 Å². The van der Waals surface area contributed by atoms with Gasteiger partial charge in [0.1, 0.15) is 5.75 Å². The summed E-state index contributed by atoms with van der Waals surface area (Å²) in [7, 11) is 3.92. The summed E-state index contributed by atoms with van der Waals surface area (Å²) in [5.41, 5.74) is 3.33. The maximum absolute atomic E-state index is 13.4. The van der Waals surface area contributed by atoms with Crippen LogP contribution < -0.4 is 19.8 Å². The minimum absolute atomic E-state index is 0.102. The number of aromatic nitrogens is 1. The summed E-state index contributed by atoms with van der Waals surface area (Å²) < 4.78 is 2.04. The zero-order valence-electron chi connectivity index (χ0n) is 17.8. The van der Waals surface area contributed by atoms with E-state index in [1.54, 1.807) is 41.8 Å². The Balaban J connectivity index is 1.96. The molecule has 0 amide bonds. The highest BCUT2D eigenvalue weighted by molar-refractivity contribution is 7.07. The van der Waals surface area contributed by atoms with E-state index < -0.39 is 6.04 Å². The van der Waals surface area contributed by atoms with Gasteiger partial charge in [-0.3, -0.25) is 14.2 Å². The average Bonchev–Trinajstić information content (AvgIpc) is 3.03. The molecule has 31 heavy (non-hydrogen) atoms. The normalized spacial score (nSPS) is 16.1. The number of carbonyl (C=O) groups is 1. The number of hydrogen-bond donors (Lipinski definition) is 1. The molecular formula is C24H23N3O3S. The molecule has 0 unspecified atom stereocenters. The van der Waals surface area contributed by atoms with E-state index in [0.29, 0.717) is 26.2 Å². The predicted octanol–water partition coefficient (Wildman–Crippen LogP) is 2.60. The van der Waals surface area contributed by atoms with Crippen LogP contribution in [0.2, 0.25) is 0 Å². The van der Waals surface area contributed by atoms with Gasteiger partial charge in [-0.2, -0.15) is 0 Å². The summed E-state index contributed by atoms with van der Waals surface area (Å²) in [6.07, 6.45) is 1.66. The standard InChI is InChI=1S/C24H23N3O3S/c1-14-21(15(2)28)22(16-9-11-18(12-10-16)26(3)4)27-23(30)20(31-24(27)25-14)13-17-7-5-6-8-19(17)29/h5-13,22,29H,1-4H3/b20-13+/t22-/m1/s1. The Bertz CT molecular complexity index is 1380. The number of thiazole rings is 1. The third kappa shape index (κ3) is 3.72. The molecule has 1 aromatic heterocycles. The van der Waals surface area contributed by atoms with Gasteiger partial charge in [-0.1, -0.05) is 41.7 Å². The third-order valence-corrected chi connectivity index (χ3v) is 6.33. The fraction of sp³-hybridized carbons (Fsp3) is 0.208. The Kier molecular flexibility index (Phi) is 5.37. The lowest BCUT2D eigenvalue weighted by atomic mass is 9.93. The molecule has 1 aliphatic heterocycles. The molecule has 4 rings (SSSR count). The van der Waals surface area contributed by atoms with Crippen molar-refractivity contribution < 1.29 is 9.90 Å². The first-order valence-corrected chi connectivity index (χ1v) is 10.7. The molecule has 0 radical (unpaired) electrons. The monoisotopic (exact) mass is 433 g/mol. The van der Waals surface area contributed by atoms with Crippen molar-refractivity contribution in [3.63, 3.8) is 0 Å². The molecule has 6 nitrogen and oxygen atoms in total. The maximum Gasteiger partial charge on any atom is 0.271 e. The number of para-hydroxylation sites is 1. The second-order valence-corrected chi connectivity index (χ2v) is 8.69. The minimum Gasteiger partial charge on any atom is -0.507 e. The summed E-state index contributed by atoms with van der Waals surface area (Å²) in [6.45, 7) is 3.31. The van der Waals surface area contributed by atoms with E-state index in [2.05, 4.69) is 4.99 Å². The zero-order valence-corrected chi connectivity index (χ0v) is 18.6. The number of fused-ring (bicyclic) bond motifs is 1. The third-order valence-electron chi connectivity index (χ3n) is 5.35. The highest BCUT2D eigenvalue weighted by Crippen LogP contribution is 2.31. The number of allylic oxidation sites excluding steroid dienone is 2. The fourth-order valence-electron chi connectivity index (χ4n) is 3.79. The lowest BCUT2D eigenvalue weighted by molar-refractivity contribution is -0.114. The molecule has 158 valence electrons. The van der Waals surface area contributed by atoms with Crippen LogP contribution in [0.3, 0.4) is 0 Å². The van der Waals surface area contributed by atoms with Crippen LogP contribution >= 0.6 is 11.3 Å². The molecule has 0 aliphatic carbocycles. The van der Waals surface area contributed by atoms with Gasteiger partial charge in [-0.15, -0.1) is 0 Å². The van der Waals surface area contributed by atoms with Gasteiger partial charge in [-0.05, 0) is 43.7 Å². The minimum atomic E-state index is -0.545. The van der Waals surface area contributed by atoms with Crippen LogP contribution in [0, 0.1) is 0 Å². The van der Waals surface area contributed by atoms with Crippen molar-refractivity contribution in [3.05, 3.63) is 90.6 Å². The van der Waals surface area contributed by atoms with Crippen LogP contribution in [-0.2, 0) is 4.79 Å². The van der Waals surface area contributed by atoms with E-state index in [0.717, 1.165) is 11.3 Å². The fourth-order valence-corrected chi connectivity index (χ4v) is 4.83. The van der Waals surface area contributed by atoms with Crippen molar-refractivity contribution >= 4 is 28.9 Å². The van der Waals surface area contributed by atoms with Crippen LogP contribution in [0.5, 0.6) is 5.75 Å². The average molecular weight is 434 g/mol. The van der Waals surface area contributed by atoms with Gasteiger partial charge in [0, 0.05) is 36.6 Å². The number of nitrogens with zero attached hydrogens (tertiary/aromatic N) is 3. The SMILES string of the molecule is CC(=O)C1=C(C)N=c2s/c(=C/c3ccccc3O)c(=O)n2[C@@H]1c1ccc(N(C)C)cc1. The van der Waals surface area contributed by atoms with Crippen LogP contribution in [0.4, 0.5) is 5.69 Å². The van der Waals surface area contributed by atoms with E-state index in [-0.39, 0.29) is 17.1 Å². The van der Waals surface area contributed by atoms with Crippen LogP contribution in [0.25, 0.3) is 6.08 Å². The van der Waals surface area contributed by atoms with Gasteiger partial charge in [0.25, 0.3) is 5.56 Å². The molecule has 0 saturated heterocycles. The van der Waals surface area contributed by atoms with Crippen molar-refractivity contribution in [1.82, 2.24) is 4.57 Å². The number of anilines is 1. The Morgan fingerprint density at radius 2 is 1.84 bits per heavy atom. The molecule has 0 saturated carbocycles. The Hall–Kier alpha value is -3.45. The second kappa shape index (κ2) is 8.00. The largest absolute Gasteiger partial charge is 0.507 e. The van der Waals surface area contributed by atoms with Crippen LogP contribution in [-0.4, -0.2) is 29.6 Å². The van der Waals surface area contributed by atoms with E-state index in [1.807, 2.05) is 43.3 Å². The summed E-state index contributed by atoms with van der Waals surface area (Å²) in [5.74, 6) is -0.0114. The predicted molar refractivity (Wildman–Crippen MR) is 123 cm³/mol. The lowest BCUT2D eigenvalue weighted by Gasteiger charge is -2.25. The summed E-state index contributed by atoms with van der Waals surface area (Å²) in [5, 5.41) is 10.1. The number of hydrogen-bond acceptors (Lipinski definition) is 6. The van der Waals surface area contributed by atoms with Crippen molar-refractivity contribution in [3.8, 4) is 5.75 Å². The Morgan fingerprint density at radius 1 is 1.16 bits per heavy atom. The molecular weight excluding hydrogens is 410 g/mol. The maximum atomic E-state index is 13.4. The summed E-state index contributed by atoms with van der Waals surface area (Å²) >= 11 is 1.25. The zero-order chi connectivity index (χ0) is 22.3. The first kappa shape index (κ1) is 20.8. The van der Waals surface area contributed by atoms with Gasteiger partial charge in [0.2, 0.25) is 0 Å². The highest BCUT2D eigenvalue weighted by atomic mass is 32.1. The molecule has 3 aromatic rings. The molecule has 7 heteroatoms. The Labute approximate surface area is 183 Å². The number of carbonyl (C=O) groups excluding carboxylic acids is 1. The van der Waals surface area contributed by atoms with E-state index >= 15 is 0 Å². The number of benzene rings is 2. The number of phenols is 1. The lowest BCUT2D eigenvalue weighted by Crippen LogP contribution is -2.39. The summed E-state index contributed by atoms with van der Waals surface area (Å²) in [4.78, 5) is 33.1. The van der Waals surface area contributed by atoms with Gasteiger partial charge in [-0.25, -0.2) is 4.99 Å². The topological polar surface area (TPSA) is 74.9 Å². The summed E-state index contributed by atoms with van der Waals surface area (Å²) in [6, 6.07) is 14.2. The first-order chi connectivity index (χ1) is 14.8. The van der Waals surface area contributed by atoms with Gasteiger partial charge < -0.3 is 10.0 Å². The molecule has 0 fully saturated rings. The van der Waals surface area contributed by atoms with E-state index in [1.165, 1.54) is 18.3 Å².